The first-order valence-electron chi connectivity index (χ1n) is 10.7. The molecule has 7 heteroatoms. The molecule has 0 unspecified atom stereocenters. The number of pyridine rings is 1. The van der Waals surface area contributed by atoms with Gasteiger partial charge >= 0.3 is 6.18 Å². The van der Waals surface area contributed by atoms with Gasteiger partial charge in [-0.1, -0.05) is 31.9 Å². The first kappa shape index (κ1) is 24.7. The average molecular weight is 436 g/mol. The summed E-state index contributed by atoms with van der Waals surface area (Å²) in [6.07, 6.45) is 8.90. The molecule has 1 aliphatic rings. The van der Waals surface area contributed by atoms with Gasteiger partial charge in [-0.2, -0.15) is 13.2 Å². The number of hydrogen-bond acceptors (Lipinski definition) is 3. The van der Waals surface area contributed by atoms with Gasteiger partial charge in [-0.3, -0.25) is 9.98 Å². The first-order chi connectivity index (χ1) is 14.8. The summed E-state index contributed by atoms with van der Waals surface area (Å²) >= 11 is 0. The molecule has 1 heterocycles. The second-order valence-electron chi connectivity index (χ2n) is 7.83. The van der Waals surface area contributed by atoms with Crippen molar-refractivity contribution in [3.05, 3.63) is 65.9 Å². The van der Waals surface area contributed by atoms with Crippen LogP contribution >= 0.6 is 0 Å². The number of nitrogens with one attached hydrogen (secondary N) is 1. The van der Waals surface area contributed by atoms with E-state index in [-0.39, 0.29) is 6.61 Å². The molecule has 0 aromatic carbocycles. The highest BCUT2D eigenvalue weighted by Crippen LogP contribution is 2.28. The highest BCUT2D eigenvalue weighted by molar-refractivity contribution is 5.85. The van der Waals surface area contributed by atoms with Gasteiger partial charge in [0.25, 0.3) is 0 Å². The molecular weight excluding hydrogens is 403 g/mol. The van der Waals surface area contributed by atoms with E-state index < -0.39 is 11.7 Å². The SMILES string of the molecule is C=CN/C(=N\CC/C=C\C(OCc1ccc(C(F)(F)F)cn1)=C(C)C)C1CCCCC1. The lowest BCUT2D eigenvalue weighted by atomic mass is 9.88. The van der Waals surface area contributed by atoms with E-state index in [4.69, 9.17) is 9.73 Å². The van der Waals surface area contributed by atoms with E-state index >= 15 is 0 Å². The van der Waals surface area contributed by atoms with Gasteiger partial charge in [-0.15, -0.1) is 0 Å². The van der Waals surface area contributed by atoms with Gasteiger partial charge in [-0.05, 0) is 63.1 Å². The molecule has 0 radical (unpaired) electrons. The van der Waals surface area contributed by atoms with E-state index in [0.29, 0.717) is 23.9 Å². The van der Waals surface area contributed by atoms with Crippen molar-refractivity contribution in [3.63, 3.8) is 0 Å². The quantitative estimate of drug-likeness (QED) is 0.157. The standard InChI is InChI=1S/C24H32F3N3O/c1-4-28-23(19-10-6-5-7-11-19)29-15-9-8-12-22(18(2)3)31-17-21-14-13-20(16-30-21)24(25,26)27/h4,8,12-14,16,19H,1,5-7,9-11,15,17H2,2-3H3,(H,28,29)/b12-8-. The molecule has 1 aromatic rings. The summed E-state index contributed by atoms with van der Waals surface area (Å²) in [6.45, 7) is 8.38. The van der Waals surface area contributed by atoms with E-state index in [1.807, 2.05) is 26.0 Å². The summed E-state index contributed by atoms with van der Waals surface area (Å²) in [5, 5.41) is 3.20. The Kier molecular flexibility index (Phi) is 9.82. The number of allylic oxidation sites excluding steroid dienone is 2. The third-order valence-corrected chi connectivity index (χ3v) is 5.11. The molecule has 1 fully saturated rings. The van der Waals surface area contributed by atoms with Crippen molar-refractivity contribution >= 4 is 5.84 Å². The molecule has 0 saturated heterocycles. The number of alkyl halides is 3. The van der Waals surface area contributed by atoms with Crippen LogP contribution in [0.15, 0.2) is 59.6 Å². The lowest BCUT2D eigenvalue weighted by Gasteiger charge is -2.23. The summed E-state index contributed by atoms with van der Waals surface area (Å²) < 4.78 is 43.7. The molecule has 4 nitrogen and oxygen atoms in total. The zero-order valence-electron chi connectivity index (χ0n) is 18.3. The maximum absolute atomic E-state index is 12.6. The maximum Gasteiger partial charge on any atom is 0.417 e. The number of nitrogens with zero attached hydrogens (tertiary/aromatic N) is 2. The molecule has 2 rings (SSSR count). The fraction of sp³-hybridized carbons (Fsp3) is 0.500. The second-order valence-corrected chi connectivity index (χ2v) is 7.83. The predicted molar refractivity (Wildman–Crippen MR) is 118 cm³/mol. The number of aliphatic imine (C=N–C) groups is 1. The fourth-order valence-electron chi connectivity index (χ4n) is 3.41. The summed E-state index contributed by atoms with van der Waals surface area (Å²) in [4.78, 5) is 8.57. The van der Waals surface area contributed by atoms with Gasteiger partial charge in [0.05, 0.1) is 11.3 Å². The second kappa shape index (κ2) is 12.3. The molecule has 0 spiro atoms. The number of hydrogen-bond donors (Lipinski definition) is 1. The maximum atomic E-state index is 12.6. The van der Waals surface area contributed by atoms with Gasteiger partial charge in [-0.25, -0.2) is 0 Å². The minimum absolute atomic E-state index is 0.107. The van der Waals surface area contributed by atoms with Crippen molar-refractivity contribution in [2.45, 2.75) is 65.2 Å². The van der Waals surface area contributed by atoms with Crippen molar-refractivity contribution in [2.75, 3.05) is 6.54 Å². The molecule has 170 valence electrons. The summed E-state index contributed by atoms with van der Waals surface area (Å²) in [7, 11) is 0. The van der Waals surface area contributed by atoms with Crippen LogP contribution in [-0.4, -0.2) is 17.4 Å². The largest absolute Gasteiger partial charge is 0.487 e. The molecule has 1 N–H and O–H groups in total. The van der Waals surface area contributed by atoms with Crippen LogP contribution in [-0.2, 0) is 17.5 Å². The van der Waals surface area contributed by atoms with Crippen LogP contribution in [0, 0.1) is 5.92 Å². The fourth-order valence-corrected chi connectivity index (χ4v) is 3.41. The molecule has 1 aliphatic carbocycles. The average Bonchev–Trinajstić information content (AvgIpc) is 2.75. The Bertz CT molecular complexity index is 785. The van der Waals surface area contributed by atoms with Gasteiger partial charge in [0.1, 0.15) is 18.2 Å². The third-order valence-electron chi connectivity index (χ3n) is 5.11. The zero-order valence-corrected chi connectivity index (χ0v) is 18.3. The third kappa shape index (κ3) is 8.59. The highest BCUT2D eigenvalue weighted by atomic mass is 19.4. The number of ether oxygens (including phenoxy) is 1. The van der Waals surface area contributed by atoms with Crippen LogP contribution in [0.25, 0.3) is 0 Å². The molecule has 0 atom stereocenters. The molecule has 0 aliphatic heterocycles. The lowest BCUT2D eigenvalue weighted by molar-refractivity contribution is -0.137. The Morgan fingerprint density at radius 3 is 2.58 bits per heavy atom. The van der Waals surface area contributed by atoms with Gasteiger partial charge < -0.3 is 10.1 Å². The lowest BCUT2D eigenvalue weighted by Crippen LogP contribution is -2.28. The monoisotopic (exact) mass is 435 g/mol. The van der Waals surface area contributed by atoms with E-state index in [2.05, 4.69) is 16.9 Å². The Morgan fingerprint density at radius 2 is 2.00 bits per heavy atom. The van der Waals surface area contributed by atoms with Crippen LogP contribution in [0.2, 0.25) is 0 Å². The van der Waals surface area contributed by atoms with E-state index in [1.54, 1.807) is 6.20 Å². The summed E-state index contributed by atoms with van der Waals surface area (Å²) in [5.41, 5.74) is 0.651. The number of amidine groups is 1. The van der Waals surface area contributed by atoms with Crippen molar-refractivity contribution in [2.24, 2.45) is 10.9 Å². The first-order valence-corrected chi connectivity index (χ1v) is 10.7. The Hall–Kier alpha value is -2.57. The predicted octanol–water partition coefficient (Wildman–Crippen LogP) is 6.57. The molecule has 31 heavy (non-hydrogen) atoms. The van der Waals surface area contributed by atoms with Crippen LogP contribution in [0.3, 0.4) is 0 Å². The number of rotatable bonds is 9. The summed E-state index contributed by atoms with van der Waals surface area (Å²) in [5.74, 6) is 2.20. The van der Waals surface area contributed by atoms with Gasteiger partial charge in [0.15, 0.2) is 0 Å². The highest BCUT2D eigenvalue weighted by Gasteiger charge is 2.30. The molecule has 0 bridgehead atoms. The van der Waals surface area contributed by atoms with Crippen LogP contribution in [0.5, 0.6) is 0 Å². The van der Waals surface area contributed by atoms with Crippen LogP contribution < -0.4 is 5.32 Å². The van der Waals surface area contributed by atoms with Gasteiger partial charge in [0, 0.05) is 18.7 Å². The van der Waals surface area contributed by atoms with Crippen molar-refractivity contribution < 1.29 is 17.9 Å². The van der Waals surface area contributed by atoms with Crippen LogP contribution in [0.4, 0.5) is 13.2 Å². The number of aromatic nitrogens is 1. The van der Waals surface area contributed by atoms with Crippen LogP contribution in [0.1, 0.15) is 63.6 Å². The normalized spacial score (nSPS) is 15.7. The van der Waals surface area contributed by atoms with Gasteiger partial charge in [0.2, 0.25) is 0 Å². The minimum Gasteiger partial charge on any atom is -0.487 e. The molecular formula is C24H32F3N3O. The Balaban J connectivity index is 1.87. The van der Waals surface area contributed by atoms with E-state index in [0.717, 1.165) is 30.1 Å². The smallest absolute Gasteiger partial charge is 0.417 e. The number of halogens is 3. The Labute approximate surface area is 183 Å². The zero-order chi connectivity index (χ0) is 22.7. The Morgan fingerprint density at radius 1 is 1.26 bits per heavy atom. The molecule has 0 amide bonds. The van der Waals surface area contributed by atoms with Crippen molar-refractivity contribution in [3.8, 4) is 0 Å². The van der Waals surface area contributed by atoms with E-state index in [1.165, 1.54) is 38.2 Å². The summed E-state index contributed by atoms with van der Waals surface area (Å²) in [6, 6.07) is 2.35. The topological polar surface area (TPSA) is 46.5 Å². The van der Waals surface area contributed by atoms with Crippen molar-refractivity contribution in [1.29, 1.82) is 0 Å². The molecule has 1 saturated carbocycles. The van der Waals surface area contributed by atoms with E-state index in [9.17, 15) is 13.2 Å². The minimum atomic E-state index is -4.39. The molecule has 1 aromatic heterocycles. The van der Waals surface area contributed by atoms with Crippen molar-refractivity contribution in [1.82, 2.24) is 10.3 Å².